The van der Waals surface area contributed by atoms with E-state index < -0.39 is 0 Å². The summed E-state index contributed by atoms with van der Waals surface area (Å²) in [5, 5.41) is 3.55. The summed E-state index contributed by atoms with van der Waals surface area (Å²) in [6.07, 6.45) is 0. The highest BCUT2D eigenvalue weighted by atomic mass is 16.5. The molecule has 0 aromatic heterocycles. The maximum Gasteiger partial charge on any atom is 0.0499 e. The first kappa shape index (κ1) is 14.2. The first-order valence-corrected chi connectivity index (χ1v) is 6.34. The zero-order valence-corrected chi connectivity index (χ0v) is 11.7. The van der Waals surface area contributed by atoms with Crippen molar-refractivity contribution >= 4 is 0 Å². The third kappa shape index (κ3) is 4.49. The molecule has 1 aromatic rings. The van der Waals surface area contributed by atoms with Crippen LogP contribution < -0.4 is 5.32 Å². The molecule has 0 saturated heterocycles. The van der Waals surface area contributed by atoms with Gasteiger partial charge in [-0.15, -0.1) is 0 Å². The maximum atomic E-state index is 5.14. The summed E-state index contributed by atoms with van der Waals surface area (Å²) in [5.41, 5.74) is 4.08. The predicted octanol–water partition coefficient (Wildman–Crippen LogP) is 3.24. The fraction of sp³-hybridized carbons (Fsp3) is 0.600. The van der Waals surface area contributed by atoms with Gasteiger partial charge in [0.2, 0.25) is 0 Å². The monoisotopic (exact) mass is 235 g/mol. The van der Waals surface area contributed by atoms with E-state index in [-0.39, 0.29) is 0 Å². The SMILES string of the molecule is COCC(C)CNC(C)c1ccc(C)c(C)c1. The van der Waals surface area contributed by atoms with Crippen molar-refractivity contribution in [3.05, 3.63) is 34.9 Å². The highest BCUT2D eigenvalue weighted by Crippen LogP contribution is 2.16. The van der Waals surface area contributed by atoms with Gasteiger partial charge in [0, 0.05) is 26.3 Å². The maximum absolute atomic E-state index is 5.14. The van der Waals surface area contributed by atoms with Crippen LogP contribution in [0.4, 0.5) is 0 Å². The van der Waals surface area contributed by atoms with Crippen LogP contribution in [0.25, 0.3) is 0 Å². The Morgan fingerprint density at radius 3 is 2.47 bits per heavy atom. The summed E-state index contributed by atoms with van der Waals surface area (Å²) in [6.45, 7) is 10.5. The Morgan fingerprint density at radius 1 is 1.18 bits per heavy atom. The Balaban J connectivity index is 2.52. The van der Waals surface area contributed by atoms with Gasteiger partial charge < -0.3 is 10.1 Å². The fourth-order valence-electron chi connectivity index (χ4n) is 1.87. The lowest BCUT2D eigenvalue weighted by Gasteiger charge is -2.18. The van der Waals surface area contributed by atoms with Gasteiger partial charge in [-0.1, -0.05) is 25.1 Å². The molecule has 2 atom stereocenters. The van der Waals surface area contributed by atoms with Crippen LogP contribution in [0.3, 0.4) is 0 Å². The highest BCUT2D eigenvalue weighted by molar-refractivity contribution is 5.31. The average molecular weight is 235 g/mol. The molecule has 0 radical (unpaired) electrons. The molecule has 1 rings (SSSR count). The molecule has 0 aliphatic heterocycles. The molecule has 2 unspecified atom stereocenters. The Morgan fingerprint density at radius 2 is 1.88 bits per heavy atom. The van der Waals surface area contributed by atoms with Gasteiger partial charge in [-0.3, -0.25) is 0 Å². The molecular formula is C15H25NO. The van der Waals surface area contributed by atoms with E-state index in [1.54, 1.807) is 7.11 Å². The van der Waals surface area contributed by atoms with Crippen molar-refractivity contribution in [2.75, 3.05) is 20.3 Å². The van der Waals surface area contributed by atoms with Crippen LogP contribution in [0.1, 0.15) is 36.6 Å². The van der Waals surface area contributed by atoms with Crippen molar-refractivity contribution in [2.24, 2.45) is 5.92 Å². The van der Waals surface area contributed by atoms with E-state index in [0.29, 0.717) is 12.0 Å². The summed E-state index contributed by atoms with van der Waals surface area (Å²) in [6, 6.07) is 7.07. The number of aryl methyl sites for hydroxylation is 2. The number of ether oxygens (including phenoxy) is 1. The van der Waals surface area contributed by atoms with Crippen LogP contribution in [0.5, 0.6) is 0 Å². The van der Waals surface area contributed by atoms with Crippen molar-refractivity contribution < 1.29 is 4.74 Å². The molecule has 17 heavy (non-hydrogen) atoms. The van der Waals surface area contributed by atoms with Crippen molar-refractivity contribution in [2.45, 2.75) is 33.7 Å². The summed E-state index contributed by atoms with van der Waals surface area (Å²) in [4.78, 5) is 0. The lowest BCUT2D eigenvalue weighted by Crippen LogP contribution is -2.26. The van der Waals surface area contributed by atoms with Gasteiger partial charge in [0.15, 0.2) is 0 Å². The second kappa shape index (κ2) is 6.77. The summed E-state index contributed by atoms with van der Waals surface area (Å²) in [7, 11) is 1.75. The second-order valence-electron chi connectivity index (χ2n) is 5.03. The van der Waals surface area contributed by atoms with E-state index in [1.165, 1.54) is 16.7 Å². The number of hydrogen-bond acceptors (Lipinski definition) is 2. The summed E-state index contributed by atoms with van der Waals surface area (Å²) >= 11 is 0. The molecule has 0 heterocycles. The normalized spacial score (nSPS) is 14.6. The summed E-state index contributed by atoms with van der Waals surface area (Å²) in [5.74, 6) is 0.550. The number of nitrogens with one attached hydrogen (secondary N) is 1. The quantitative estimate of drug-likeness (QED) is 0.817. The number of methoxy groups -OCH3 is 1. The highest BCUT2D eigenvalue weighted by Gasteiger charge is 2.08. The van der Waals surface area contributed by atoms with Gasteiger partial charge in [0.05, 0.1) is 0 Å². The third-order valence-corrected chi connectivity index (χ3v) is 3.25. The molecule has 0 spiro atoms. The van der Waals surface area contributed by atoms with Crippen LogP contribution in [0.15, 0.2) is 18.2 Å². The van der Waals surface area contributed by atoms with E-state index >= 15 is 0 Å². The minimum absolute atomic E-state index is 0.397. The number of rotatable bonds is 6. The van der Waals surface area contributed by atoms with Gasteiger partial charge in [0.25, 0.3) is 0 Å². The van der Waals surface area contributed by atoms with Crippen LogP contribution in [-0.4, -0.2) is 20.3 Å². The van der Waals surface area contributed by atoms with Crippen molar-refractivity contribution in [3.8, 4) is 0 Å². The third-order valence-electron chi connectivity index (χ3n) is 3.25. The molecule has 2 heteroatoms. The molecule has 0 bridgehead atoms. The zero-order valence-electron chi connectivity index (χ0n) is 11.7. The minimum Gasteiger partial charge on any atom is -0.384 e. The van der Waals surface area contributed by atoms with Crippen LogP contribution in [0.2, 0.25) is 0 Å². The van der Waals surface area contributed by atoms with Gasteiger partial charge in [-0.2, -0.15) is 0 Å². The standard InChI is InChI=1S/C15H25NO/c1-11(10-17-5)9-16-14(4)15-7-6-12(2)13(3)8-15/h6-8,11,14,16H,9-10H2,1-5H3. The second-order valence-corrected chi connectivity index (χ2v) is 5.03. The van der Waals surface area contributed by atoms with Crippen LogP contribution in [0, 0.1) is 19.8 Å². The van der Waals surface area contributed by atoms with Crippen molar-refractivity contribution in [3.63, 3.8) is 0 Å². The zero-order chi connectivity index (χ0) is 12.8. The van der Waals surface area contributed by atoms with Crippen LogP contribution >= 0.6 is 0 Å². The van der Waals surface area contributed by atoms with E-state index in [4.69, 9.17) is 4.74 Å². The Bertz CT molecular complexity index is 349. The van der Waals surface area contributed by atoms with Crippen molar-refractivity contribution in [1.29, 1.82) is 0 Å². The van der Waals surface area contributed by atoms with Gasteiger partial charge in [-0.25, -0.2) is 0 Å². The van der Waals surface area contributed by atoms with E-state index in [1.807, 2.05) is 0 Å². The lowest BCUT2D eigenvalue weighted by atomic mass is 10.0. The van der Waals surface area contributed by atoms with E-state index in [0.717, 1.165) is 13.2 Å². The fourth-order valence-corrected chi connectivity index (χ4v) is 1.87. The Hall–Kier alpha value is -0.860. The largest absolute Gasteiger partial charge is 0.384 e. The summed E-state index contributed by atoms with van der Waals surface area (Å²) < 4.78 is 5.14. The molecule has 0 saturated carbocycles. The van der Waals surface area contributed by atoms with Crippen molar-refractivity contribution in [1.82, 2.24) is 5.32 Å². The molecule has 1 aromatic carbocycles. The molecule has 0 amide bonds. The molecule has 0 aliphatic rings. The molecule has 1 N–H and O–H groups in total. The Kier molecular flexibility index (Phi) is 5.66. The minimum atomic E-state index is 0.397. The number of benzene rings is 1. The molecule has 96 valence electrons. The Labute approximate surface area is 105 Å². The molecule has 0 aliphatic carbocycles. The molecule has 0 fully saturated rings. The lowest BCUT2D eigenvalue weighted by molar-refractivity contribution is 0.157. The predicted molar refractivity (Wildman–Crippen MR) is 73.4 cm³/mol. The molecular weight excluding hydrogens is 210 g/mol. The van der Waals surface area contributed by atoms with E-state index in [2.05, 4.69) is 51.2 Å². The van der Waals surface area contributed by atoms with E-state index in [9.17, 15) is 0 Å². The molecule has 2 nitrogen and oxygen atoms in total. The van der Waals surface area contributed by atoms with Gasteiger partial charge in [0.1, 0.15) is 0 Å². The number of hydrogen-bond donors (Lipinski definition) is 1. The first-order chi connectivity index (χ1) is 8.04. The van der Waals surface area contributed by atoms with Gasteiger partial charge >= 0.3 is 0 Å². The average Bonchev–Trinajstić information content (AvgIpc) is 2.30. The smallest absolute Gasteiger partial charge is 0.0499 e. The first-order valence-electron chi connectivity index (χ1n) is 6.34. The topological polar surface area (TPSA) is 21.3 Å². The van der Waals surface area contributed by atoms with Gasteiger partial charge in [-0.05, 0) is 43.4 Å². The van der Waals surface area contributed by atoms with Crippen LogP contribution in [-0.2, 0) is 4.74 Å².